The standard InChI is InChI=1S/C15H9BrCl2N2O2/c16-10-3-1-8(5-11(10)19-14(21)7-17)15-20-12-6-9(18)2-4-13(12)22-15/h1-6H,7H2,(H,19,21). The van der Waals surface area contributed by atoms with Gasteiger partial charge in [-0.05, 0) is 52.3 Å². The van der Waals surface area contributed by atoms with Crippen LogP contribution < -0.4 is 5.32 Å². The highest BCUT2D eigenvalue weighted by Gasteiger charge is 2.12. The smallest absolute Gasteiger partial charge is 0.239 e. The Morgan fingerprint density at radius 1 is 1.27 bits per heavy atom. The molecule has 0 saturated carbocycles. The van der Waals surface area contributed by atoms with Crippen LogP contribution >= 0.6 is 39.1 Å². The van der Waals surface area contributed by atoms with Gasteiger partial charge in [0.25, 0.3) is 0 Å². The number of amides is 1. The first-order valence-electron chi connectivity index (χ1n) is 6.28. The number of carbonyl (C=O) groups excluding carboxylic acids is 1. The second-order valence-electron chi connectivity index (χ2n) is 4.51. The minimum atomic E-state index is -0.288. The minimum Gasteiger partial charge on any atom is -0.436 e. The van der Waals surface area contributed by atoms with Crippen molar-refractivity contribution >= 4 is 61.8 Å². The molecule has 7 heteroatoms. The zero-order valence-electron chi connectivity index (χ0n) is 11.1. The molecule has 2 aromatic carbocycles. The Labute approximate surface area is 144 Å². The van der Waals surface area contributed by atoms with Gasteiger partial charge in [0.15, 0.2) is 5.58 Å². The van der Waals surface area contributed by atoms with Gasteiger partial charge < -0.3 is 9.73 Å². The van der Waals surface area contributed by atoms with Gasteiger partial charge in [-0.15, -0.1) is 11.6 Å². The van der Waals surface area contributed by atoms with Crippen LogP contribution in [0.15, 0.2) is 45.3 Å². The van der Waals surface area contributed by atoms with Crippen LogP contribution in [-0.4, -0.2) is 16.8 Å². The molecule has 0 atom stereocenters. The van der Waals surface area contributed by atoms with Crippen LogP contribution in [0.25, 0.3) is 22.6 Å². The molecule has 0 aliphatic heterocycles. The molecule has 0 fully saturated rings. The van der Waals surface area contributed by atoms with Crippen LogP contribution in [0.3, 0.4) is 0 Å². The van der Waals surface area contributed by atoms with Crippen molar-refractivity contribution in [3.05, 3.63) is 45.9 Å². The molecule has 1 heterocycles. The number of benzene rings is 2. The van der Waals surface area contributed by atoms with Gasteiger partial charge in [-0.1, -0.05) is 11.6 Å². The van der Waals surface area contributed by atoms with Crippen molar-refractivity contribution in [1.82, 2.24) is 4.98 Å². The third-order valence-corrected chi connectivity index (χ3v) is 4.13. The average molecular weight is 400 g/mol. The van der Waals surface area contributed by atoms with Gasteiger partial charge in [0, 0.05) is 15.1 Å². The van der Waals surface area contributed by atoms with Crippen LogP contribution in [0, 0.1) is 0 Å². The lowest BCUT2D eigenvalue weighted by atomic mass is 10.2. The van der Waals surface area contributed by atoms with Crippen molar-refractivity contribution in [3.63, 3.8) is 0 Å². The first kappa shape index (κ1) is 15.3. The summed E-state index contributed by atoms with van der Waals surface area (Å²) in [5.74, 6) is 0.0490. The molecular weight excluding hydrogens is 391 g/mol. The fraction of sp³-hybridized carbons (Fsp3) is 0.0667. The lowest BCUT2D eigenvalue weighted by Crippen LogP contribution is -2.12. The first-order chi connectivity index (χ1) is 10.6. The Balaban J connectivity index is 2.02. The number of aromatic nitrogens is 1. The van der Waals surface area contributed by atoms with Crippen molar-refractivity contribution in [1.29, 1.82) is 0 Å². The number of nitrogens with one attached hydrogen (secondary N) is 1. The number of carbonyl (C=O) groups is 1. The summed E-state index contributed by atoms with van der Waals surface area (Å²) >= 11 is 14.8. The molecular formula is C15H9BrCl2N2O2. The van der Waals surface area contributed by atoms with E-state index in [0.29, 0.717) is 27.7 Å². The van der Waals surface area contributed by atoms with Crippen molar-refractivity contribution in [3.8, 4) is 11.5 Å². The van der Waals surface area contributed by atoms with E-state index in [1.807, 2.05) is 6.07 Å². The molecule has 0 saturated heterocycles. The van der Waals surface area contributed by atoms with E-state index in [4.69, 9.17) is 27.6 Å². The molecule has 0 aliphatic rings. The summed E-state index contributed by atoms with van der Waals surface area (Å²) in [5, 5.41) is 3.30. The Morgan fingerprint density at radius 3 is 2.86 bits per heavy atom. The zero-order valence-corrected chi connectivity index (χ0v) is 14.2. The van der Waals surface area contributed by atoms with Crippen LogP contribution in [0.5, 0.6) is 0 Å². The van der Waals surface area contributed by atoms with Crippen molar-refractivity contribution < 1.29 is 9.21 Å². The van der Waals surface area contributed by atoms with Gasteiger partial charge >= 0.3 is 0 Å². The van der Waals surface area contributed by atoms with Crippen molar-refractivity contribution in [2.75, 3.05) is 11.2 Å². The molecule has 112 valence electrons. The molecule has 22 heavy (non-hydrogen) atoms. The maximum absolute atomic E-state index is 11.4. The molecule has 0 aliphatic carbocycles. The number of fused-ring (bicyclic) bond motifs is 1. The fourth-order valence-electron chi connectivity index (χ4n) is 1.96. The van der Waals surface area contributed by atoms with Gasteiger partial charge in [-0.25, -0.2) is 4.98 Å². The number of hydrogen-bond donors (Lipinski definition) is 1. The Kier molecular flexibility index (Phi) is 4.38. The van der Waals surface area contributed by atoms with E-state index in [9.17, 15) is 4.79 Å². The molecule has 0 spiro atoms. The lowest BCUT2D eigenvalue weighted by Gasteiger charge is -2.07. The number of hydrogen-bond acceptors (Lipinski definition) is 3. The second-order valence-corrected chi connectivity index (χ2v) is 6.07. The third-order valence-electron chi connectivity index (χ3n) is 2.96. The van der Waals surface area contributed by atoms with Gasteiger partial charge in [0.2, 0.25) is 11.8 Å². The van der Waals surface area contributed by atoms with E-state index < -0.39 is 0 Å². The topological polar surface area (TPSA) is 55.1 Å². The van der Waals surface area contributed by atoms with E-state index >= 15 is 0 Å². The number of oxazole rings is 1. The number of anilines is 1. The number of nitrogens with zero attached hydrogens (tertiary/aromatic N) is 1. The predicted octanol–water partition coefficient (Wildman–Crippen LogP) is 5.09. The third kappa shape index (κ3) is 3.11. The van der Waals surface area contributed by atoms with Gasteiger partial charge in [0.1, 0.15) is 11.4 Å². The van der Waals surface area contributed by atoms with E-state index in [1.165, 1.54) is 0 Å². The number of alkyl halides is 1. The highest BCUT2D eigenvalue weighted by molar-refractivity contribution is 9.10. The van der Waals surface area contributed by atoms with Crippen LogP contribution in [0.1, 0.15) is 0 Å². The summed E-state index contributed by atoms with van der Waals surface area (Å²) < 4.78 is 6.46. The SMILES string of the molecule is O=C(CCl)Nc1cc(-c2nc3cc(Cl)ccc3o2)ccc1Br. The van der Waals surface area contributed by atoms with E-state index in [0.717, 1.165) is 10.0 Å². The number of halogens is 3. The largest absolute Gasteiger partial charge is 0.436 e. The zero-order chi connectivity index (χ0) is 15.7. The quantitative estimate of drug-likeness (QED) is 0.624. The lowest BCUT2D eigenvalue weighted by molar-refractivity contribution is -0.113. The van der Waals surface area contributed by atoms with E-state index in [-0.39, 0.29) is 11.8 Å². The minimum absolute atomic E-state index is 0.113. The summed E-state index contributed by atoms with van der Waals surface area (Å²) in [6.45, 7) is 0. The molecule has 3 rings (SSSR count). The first-order valence-corrected chi connectivity index (χ1v) is 7.99. The highest BCUT2D eigenvalue weighted by Crippen LogP contribution is 2.31. The highest BCUT2D eigenvalue weighted by atomic mass is 79.9. The van der Waals surface area contributed by atoms with Crippen LogP contribution in [0.4, 0.5) is 5.69 Å². The van der Waals surface area contributed by atoms with Gasteiger partial charge in [-0.3, -0.25) is 4.79 Å². The predicted molar refractivity (Wildman–Crippen MR) is 91.5 cm³/mol. The maximum atomic E-state index is 11.4. The Bertz CT molecular complexity index is 864. The molecule has 4 nitrogen and oxygen atoms in total. The summed E-state index contributed by atoms with van der Waals surface area (Å²) in [7, 11) is 0. The normalized spacial score (nSPS) is 10.9. The van der Waals surface area contributed by atoms with E-state index in [1.54, 1.807) is 30.3 Å². The molecule has 0 unspecified atom stereocenters. The van der Waals surface area contributed by atoms with Crippen LogP contribution in [-0.2, 0) is 4.79 Å². The summed E-state index contributed by atoms with van der Waals surface area (Å²) in [4.78, 5) is 15.9. The second kappa shape index (κ2) is 6.28. The van der Waals surface area contributed by atoms with Gasteiger partial charge in [-0.2, -0.15) is 0 Å². The maximum Gasteiger partial charge on any atom is 0.239 e. The van der Waals surface area contributed by atoms with E-state index in [2.05, 4.69) is 26.2 Å². The van der Waals surface area contributed by atoms with Gasteiger partial charge in [0.05, 0.1) is 5.69 Å². The van der Waals surface area contributed by atoms with Crippen molar-refractivity contribution in [2.24, 2.45) is 0 Å². The number of rotatable bonds is 3. The van der Waals surface area contributed by atoms with Crippen molar-refractivity contribution in [2.45, 2.75) is 0 Å². The average Bonchev–Trinajstić information content (AvgIpc) is 2.92. The summed E-state index contributed by atoms with van der Waals surface area (Å²) in [6, 6.07) is 10.7. The summed E-state index contributed by atoms with van der Waals surface area (Å²) in [5.41, 5.74) is 2.66. The molecule has 1 aromatic heterocycles. The monoisotopic (exact) mass is 398 g/mol. The van der Waals surface area contributed by atoms with Crippen LogP contribution in [0.2, 0.25) is 5.02 Å². The Hall–Kier alpha value is -1.56. The molecule has 0 bridgehead atoms. The Morgan fingerprint density at radius 2 is 2.09 bits per heavy atom. The molecule has 1 amide bonds. The molecule has 3 aromatic rings. The molecule has 1 N–H and O–H groups in total. The summed E-state index contributed by atoms with van der Waals surface area (Å²) in [6.07, 6.45) is 0. The molecule has 0 radical (unpaired) electrons. The fourth-order valence-corrected chi connectivity index (χ4v) is 2.54.